The van der Waals surface area contributed by atoms with Crippen molar-refractivity contribution in [3.05, 3.63) is 47.8 Å². The zero-order valence-corrected chi connectivity index (χ0v) is 16.6. The van der Waals surface area contributed by atoms with Crippen molar-refractivity contribution < 1.29 is 14.4 Å². The molecule has 3 heterocycles. The molecule has 1 fully saturated rings. The van der Waals surface area contributed by atoms with Crippen molar-refractivity contribution >= 4 is 23.7 Å². The number of nitrogens with zero attached hydrogens (tertiary/aromatic N) is 5. The van der Waals surface area contributed by atoms with Gasteiger partial charge in [0.05, 0.1) is 11.1 Å². The van der Waals surface area contributed by atoms with E-state index in [9.17, 15) is 14.4 Å². The fourth-order valence-electron chi connectivity index (χ4n) is 3.98. The molecule has 29 heavy (non-hydrogen) atoms. The smallest absolute Gasteiger partial charge is 0.261 e. The molecule has 1 saturated heterocycles. The number of aryl methyl sites for hydroxylation is 1. The van der Waals surface area contributed by atoms with Gasteiger partial charge in [-0.05, 0) is 25.5 Å². The van der Waals surface area contributed by atoms with E-state index in [2.05, 4.69) is 21.4 Å². The monoisotopic (exact) mass is 395 g/mol. The number of hydrogen-bond acceptors (Lipinski definition) is 5. The molecular formula is C21H25N5O3. The Bertz CT molecular complexity index is 895. The Kier molecular flexibility index (Phi) is 5.33. The van der Waals surface area contributed by atoms with Crippen LogP contribution in [0.5, 0.6) is 0 Å². The number of piperazine rings is 1. The highest BCUT2D eigenvalue weighted by atomic mass is 16.2. The fourth-order valence-corrected chi connectivity index (χ4v) is 3.98. The summed E-state index contributed by atoms with van der Waals surface area (Å²) < 4.78 is 2.10. The van der Waals surface area contributed by atoms with Crippen LogP contribution in [0.1, 0.15) is 40.5 Å². The maximum absolute atomic E-state index is 12.6. The van der Waals surface area contributed by atoms with Crippen LogP contribution in [-0.4, -0.2) is 69.8 Å². The summed E-state index contributed by atoms with van der Waals surface area (Å²) in [6, 6.07) is 6.85. The minimum absolute atomic E-state index is 0.0695. The van der Waals surface area contributed by atoms with E-state index >= 15 is 0 Å². The number of hydrogen-bond donors (Lipinski definition) is 0. The number of anilines is 1. The number of aromatic nitrogens is 2. The van der Waals surface area contributed by atoms with Crippen molar-refractivity contribution in [2.75, 3.05) is 37.6 Å². The van der Waals surface area contributed by atoms with E-state index in [0.717, 1.165) is 25.6 Å². The number of rotatable bonds is 6. The Morgan fingerprint density at radius 1 is 1.03 bits per heavy atom. The largest absolute Gasteiger partial charge is 0.339 e. The number of fused-ring (bicyclic) bond motifs is 1. The van der Waals surface area contributed by atoms with Crippen molar-refractivity contribution in [1.29, 1.82) is 0 Å². The summed E-state index contributed by atoms with van der Waals surface area (Å²) in [5, 5.41) is 0. The molecule has 2 aromatic rings. The van der Waals surface area contributed by atoms with Gasteiger partial charge in [-0.25, -0.2) is 4.98 Å². The molecule has 0 radical (unpaired) electrons. The third-order valence-corrected chi connectivity index (χ3v) is 5.60. The van der Waals surface area contributed by atoms with Crippen LogP contribution in [0, 0.1) is 0 Å². The Morgan fingerprint density at radius 3 is 2.31 bits per heavy atom. The molecule has 0 saturated carbocycles. The number of benzene rings is 1. The first-order valence-corrected chi connectivity index (χ1v) is 10.1. The van der Waals surface area contributed by atoms with Crippen LogP contribution in [-0.2, 0) is 11.3 Å². The molecule has 0 unspecified atom stereocenters. The maximum atomic E-state index is 12.6. The molecule has 3 amide bonds. The Hall–Kier alpha value is -3.16. The lowest BCUT2D eigenvalue weighted by atomic mass is 10.1. The number of amides is 3. The van der Waals surface area contributed by atoms with E-state index in [-0.39, 0.29) is 24.3 Å². The predicted molar refractivity (Wildman–Crippen MR) is 108 cm³/mol. The zero-order chi connectivity index (χ0) is 20.4. The van der Waals surface area contributed by atoms with Crippen LogP contribution < -0.4 is 4.90 Å². The van der Waals surface area contributed by atoms with E-state index in [1.165, 1.54) is 4.90 Å². The number of imide groups is 1. The van der Waals surface area contributed by atoms with Gasteiger partial charge < -0.3 is 14.4 Å². The van der Waals surface area contributed by atoms with Gasteiger partial charge in [0, 0.05) is 58.1 Å². The molecule has 1 aromatic heterocycles. The van der Waals surface area contributed by atoms with Gasteiger partial charge >= 0.3 is 0 Å². The highest BCUT2D eigenvalue weighted by Gasteiger charge is 2.34. The van der Waals surface area contributed by atoms with Crippen molar-refractivity contribution in [1.82, 2.24) is 19.4 Å². The molecule has 0 aliphatic carbocycles. The molecule has 152 valence electrons. The lowest BCUT2D eigenvalue weighted by molar-refractivity contribution is -0.131. The number of imidazole rings is 1. The zero-order valence-electron chi connectivity index (χ0n) is 16.6. The van der Waals surface area contributed by atoms with Gasteiger partial charge in [-0.1, -0.05) is 12.1 Å². The molecule has 0 atom stereocenters. The van der Waals surface area contributed by atoms with Crippen molar-refractivity contribution in [2.45, 2.75) is 26.3 Å². The van der Waals surface area contributed by atoms with Crippen LogP contribution in [0.3, 0.4) is 0 Å². The van der Waals surface area contributed by atoms with Gasteiger partial charge in [0.15, 0.2) is 0 Å². The second-order valence-electron chi connectivity index (χ2n) is 7.29. The summed E-state index contributed by atoms with van der Waals surface area (Å²) >= 11 is 0. The minimum Gasteiger partial charge on any atom is -0.339 e. The third kappa shape index (κ3) is 3.62. The van der Waals surface area contributed by atoms with E-state index in [4.69, 9.17) is 0 Å². The topological polar surface area (TPSA) is 78.8 Å². The first kappa shape index (κ1) is 19.2. The molecule has 8 nitrogen and oxygen atoms in total. The minimum atomic E-state index is -0.266. The maximum Gasteiger partial charge on any atom is 0.261 e. The molecule has 4 rings (SSSR count). The molecule has 0 bridgehead atoms. The lowest BCUT2D eigenvalue weighted by Crippen LogP contribution is -2.49. The second kappa shape index (κ2) is 8.06. The summed E-state index contributed by atoms with van der Waals surface area (Å²) in [4.78, 5) is 47.1. The normalized spacial score (nSPS) is 16.5. The average molecular weight is 395 g/mol. The van der Waals surface area contributed by atoms with Crippen molar-refractivity contribution in [2.24, 2.45) is 0 Å². The van der Waals surface area contributed by atoms with E-state index in [1.807, 2.05) is 11.1 Å². The van der Waals surface area contributed by atoms with Gasteiger partial charge in [0.1, 0.15) is 0 Å². The summed E-state index contributed by atoms with van der Waals surface area (Å²) in [6.45, 7) is 6.03. The van der Waals surface area contributed by atoms with Gasteiger partial charge in [-0.15, -0.1) is 0 Å². The van der Waals surface area contributed by atoms with E-state index < -0.39 is 0 Å². The number of carbonyl (C=O) groups is 3. The van der Waals surface area contributed by atoms with Gasteiger partial charge in [0.2, 0.25) is 11.9 Å². The average Bonchev–Trinajstić information content (AvgIpc) is 3.33. The van der Waals surface area contributed by atoms with Gasteiger partial charge in [-0.2, -0.15) is 0 Å². The van der Waals surface area contributed by atoms with Crippen LogP contribution in [0.25, 0.3) is 0 Å². The van der Waals surface area contributed by atoms with Crippen LogP contribution in [0.2, 0.25) is 0 Å². The molecule has 1 aromatic carbocycles. The quantitative estimate of drug-likeness (QED) is 0.695. The number of carbonyl (C=O) groups excluding carboxylic acids is 3. The summed E-state index contributed by atoms with van der Waals surface area (Å²) in [5.74, 6) is 0.487. The van der Waals surface area contributed by atoms with Crippen molar-refractivity contribution in [3.63, 3.8) is 0 Å². The van der Waals surface area contributed by atoms with Gasteiger partial charge in [0.25, 0.3) is 11.8 Å². The van der Waals surface area contributed by atoms with Crippen LogP contribution in [0.15, 0.2) is 36.7 Å². The molecular weight excluding hydrogens is 370 g/mol. The van der Waals surface area contributed by atoms with Crippen LogP contribution in [0.4, 0.5) is 5.95 Å². The second-order valence-corrected chi connectivity index (χ2v) is 7.29. The standard InChI is InChI=1S/C21H25N5O3/c1-2-23-11-9-22-21(23)25-14-12-24(13-15-25)18(27)8-5-10-26-19(28)16-6-3-4-7-17(16)20(26)29/h3-4,6-7,9,11H,2,5,8,10,12-15H2,1H3. The Labute approximate surface area is 169 Å². The summed E-state index contributed by atoms with van der Waals surface area (Å²) in [7, 11) is 0. The van der Waals surface area contributed by atoms with Crippen LogP contribution >= 0.6 is 0 Å². The summed E-state index contributed by atoms with van der Waals surface area (Å²) in [6.07, 6.45) is 4.57. The van der Waals surface area contributed by atoms with Gasteiger partial charge in [-0.3, -0.25) is 19.3 Å². The highest BCUT2D eigenvalue weighted by molar-refractivity contribution is 6.21. The lowest BCUT2D eigenvalue weighted by Gasteiger charge is -2.35. The van der Waals surface area contributed by atoms with Crippen molar-refractivity contribution in [3.8, 4) is 0 Å². The van der Waals surface area contributed by atoms with E-state index in [0.29, 0.717) is 37.1 Å². The molecule has 2 aliphatic rings. The highest BCUT2D eigenvalue weighted by Crippen LogP contribution is 2.23. The SMILES string of the molecule is CCn1ccnc1N1CCN(C(=O)CCCN2C(=O)c3ccccc3C2=O)CC1. The molecule has 8 heteroatoms. The predicted octanol–water partition coefficient (Wildman–Crippen LogP) is 1.63. The Morgan fingerprint density at radius 2 is 1.69 bits per heavy atom. The first-order chi connectivity index (χ1) is 14.1. The third-order valence-electron chi connectivity index (χ3n) is 5.60. The first-order valence-electron chi connectivity index (χ1n) is 10.1. The fraction of sp³-hybridized carbons (Fsp3) is 0.429. The molecule has 2 aliphatic heterocycles. The van der Waals surface area contributed by atoms with E-state index in [1.54, 1.807) is 30.5 Å². The Balaban J connectivity index is 1.25. The molecule has 0 spiro atoms. The molecule has 0 N–H and O–H groups in total. The summed E-state index contributed by atoms with van der Waals surface area (Å²) in [5.41, 5.74) is 0.899.